The Morgan fingerprint density at radius 2 is 2.44 bits per heavy atom. The number of aromatic nitrogens is 2. The van der Waals surface area contributed by atoms with E-state index in [2.05, 4.69) is 26.8 Å². The van der Waals surface area contributed by atoms with Gasteiger partial charge in [0, 0.05) is 38.6 Å². The highest BCUT2D eigenvalue weighted by atomic mass is 15.2. The van der Waals surface area contributed by atoms with Gasteiger partial charge in [-0.3, -0.25) is 4.90 Å². The van der Waals surface area contributed by atoms with Crippen LogP contribution in [-0.2, 0) is 13.6 Å². The molecule has 16 heavy (non-hydrogen) atoms. The Morgan fingerprint density at radius 3 is 3.25 bits per heavy atom. The van der Waals surface area contributed by atoms with Crippen LogP contribution in [0.5, 0.6) is 0 Å². The Balaban J connectivity index is 1.62. The van der Waals surface area contributed by atoms with Gasteiger partial charge in [0.1, 0.15) is 5.82 Å². The van der Waals surface area contributed by atoms with Gasteiger partial charge in [-0.05, 0) is 25.3 Å². The van der Waals surface area contributed by atoms with E-state index in [9.17, 15) is 0 Å². The van der Waals surface area contributed by atoms with Gasteiger partial charge in [0.25, 0.3) is 0 Å². The molecule has 0 saturated carbocycles. The molecule has 2 saturated heterocycles. The van der Waals surface area contributed by atoms with Crippen molar-refractivity contribution in [2.45, 2.75) is 25.4 Å². The summed E-state index contributed by atoms with van der Waals surface area (Å²) in [5.41, 5.74) is 0. The standard InChI is InChI=1S/C12H20N4/c1-15-7-5-14-12(15)9-16-6-3-11-10(8-16)2-4-13-11/h5,7,10-11,13H,2-4,6,8-9H2,1H3. The van der Waals surface area contributed by atoms with Crippen molar-refractivity contribution < 1.29 is 0 Å². The number of hydrogen-bond acceptors (Lipinski definition) is 3. The highest BCUT2D eigenvalue weighted by molar-refractivity contribution is 4.95. The molecule has 88 valence electrons. The molecule has 0 aromatic carbocycles. The molecule has 2 fully saturated rings. The monoisotopic (exact) mass is 220 g/mol. The SMILES string of the molecule is Cn1ccnc1CN1CCC2NCCC2C1. The van der Waals surface area contributed by atoms with Gasteiger partial charge < -0.3 is 9.88 Å². The number of nitrogens with zero attached hydrogens (tertiary/aromatic N) is 3. The molecule has 3 heterocycles. The fourth-order valence-corrected chi connectivity index (χ4v) is 3.02. The molecule has 0 spiro atoms. The van der Waals surface area contributed by atoms with Crippen LogP contribution in [0.15, 0.2) is 12.4 Å². The Hall–Kier alpha value is -0.870. The van der Waals surface area contributed by atoms with Crippen LogP contribution in [0.2, 0.25) is 0 Å². The number of piperidine rings is 1. The topological polar surface area (TPSA) is 33.1 Å². The summed E-state index contributed by atoms with van der Waals surface area (Å²) in [6.07, 6.45) is 6.56. The molecule has 0 bridgehead atoms. The normalized spacial score (nSPS) is 30.6. The van der Waals surface area contributed by atoms with E-state index >= 15 is 0 Å². The second-order valence-electron chi connectivity index (χ2n) is 5.09. The zero-order chi connectivity index (χ0) is 11.0. The lowest BCUT2D eigenvalue weighted by Crippen LogP contribution is -2.44. The minimum absolute atomic E-state index is 0.789. The predicted molar refractivity (Wildman–Crippen MR) is 63.0 cm³/mol. The van der Waals surface area contributed by atoms with Crippen LogP contribution < -0.4 is 5.32 Å². The van der Waals surface area contributed by atoms with Crippen molar-refractivity contribution in [3.8, 4) is 0 Å². The molecule has 2 unspecified atom stereocenters. The smallest absolute Gasteiger partial charge is 0.122 e. The number of fused-ring (bicyclic) bond motifs is 1. The molecule has 2 aliphatic heterocycles. The molecule has 0 aliphatic carbocycles. The maximum Gasteiger partial charge on any atom is 0.122 e. The Labute approximate surface area is 96.7 Å². The Bertz CT molecular complexity index is 360. The summed E-state index contributed by atoms with van der Waals surface area (Å²) in [5.74, 6) is 2.05. The van der Waals surface area contributed by atoms with Crippen LogP contribution in [0.3, 0.4) is 0 Å². The molecule has 2 aliphatic rings. The first-order valence-corrected chi connectivity index (χ1v) is 6.25. The number of hydrogen-bond donors (Lipinski definition) is 1. The van der Waals surface area contributed by atoms with Crippen molar-refractivity contribution in [3.63, 3.8) is 0 Å². The third-order valence-corrected chi connectivity index (χ3v) is 4.03. The largest absolute Gasteiger partial charge is 0.337 e. The second-order valence-corrected chi connectivity index (χ2v) is 5.09. The summed E-state index contributed by atoms with van der Waals surface area (Å²) in [7, 11) is 2.08. The first-order chi connectivity index (χ1) is 7.83. The first-order valence-electron chi connectivity index (χ1n) is 6.25. The van der Waals surface area contributed by atoms with Crippen molar-refractivity contribution in [1.82, 2.24) is 19.8 Å². The predicted octanol–water partition coefficient (Wildman–Crippen LogP) is 0.604. The van der Waals surface area contributed by atoms with Crippen molar-refractivity contribution in [1.29, 1.82) is 0 Å². The average Bonchev–Trinajstić information content (AvgIpc) is 2.88. The molecule has 0 radical (unpaired) electrons. The van der Waals surface area contributed by atoms with Gasteiger partial charge >= 0.3 is 0 Å². The van der Waals surface area contributed by atoms with Crippen LogP contribution in [0.1, 0.15) is 18.7 Å². The summed E-state index contributed by atoms with van der Waals surface area (Å²) in [5, 5.41) is 3.60. The zero-order valence-electron chi connectivity index (χ0n) is 9.89. The van der Waals surface area contributed by atoms with E-state index in [1.54, 1.807) is 0 Å². The Morgan fingerprint density at radius 1 is 1.50 bits per heavy atom. The van der Waals surface area contributed by atoms with Crippen molar-refractivity contribution in [2.75, 3.05) is 19.6 Å². The zero-order valence-corrected chi connectivity index (χ0v) is 9.89. The number of imidazole rings is 1. The number of aryl methyl sites for hydroxylation is 1. The summed E-state index contributed by atoms with van der Waals surface area (Å²) < 4.78 is 2.12. The molecule has 4 nitrogen and oxygen atoms in total. The van der Waals surface area contributed by atoms with E-state index in [1.165, 1.54) is 38.3 Å². The van der Waals surface area contributed by atoms with E-state index in [-0.39, 0.29) is 0 Å². The first kappa shape index (κ1) is 10.3. The lowest BCUT2D eigenvalue weighted by Gasteiger charge is -2.34. The number of likely N-dealkylation sites (tertiary alicyclic amines) is 1. The minimum Gasteiger partial charge on any atom is -0.337 e. The number of nitrogens with one attached hydrogen (secondary N) is 1. The molecule has 3 rings (SSSR count). The van der Waals surface area contributed by atoms with E-state index in [1.807, 2.05) is 12.4 Å². The third kappa shape index (κ3) is 1.87. The van der Waals surface area contributed by atoms with Gasteiger partial charge in [0.2, 0.25) is 0 Å². The quantitative estimate of drug-likeness (QED) is 0.792. The molecule has 2 atom stereocenters. The third-order valence-electron chi connectivity index (χ3n) is 4.03. The van der Waals surface area contributed by atoms with E-state index in [4.69, 9.17) is 0 Å². The minimum atomic E-state index is 0.789. The van der Waals surface area contributed by atoms with Crippen LogP contribution >= 0.6 is 0 Å². The summed E-state index contributed by atoms with van der Waals surface area (Å²) >= 11 is 0. The van der Waals surface area contributed by atoms with Gasteiger partial charge in [0.15, 0.2) is 0 Å². The molecular formula is C12H20N4. The van der Waals surface area contributed by atoms with Gasteiger partial charge in [-0.15, -0.1) is 0 Å². The highest BCUT2D eigenvalue weighted by Gasteiger charge is 2.32. The lowest BCUT2D eigenvalue weighted by atomic mass is 9.93. The molecule has 1 aromatic heterocycles. The van der Waals surface area contributed by atoms with E-state index in [0.29, 0.717) is 0 Å². The maximum atomic E-state index is 4.40. The van der Waals surface area contributed by atoms with Crippen molar-refractivity contribution in [3.05, 3.63) is 18.2 Å². The molecule has 0 amide bonds. The van der Waals surface area contributed by atoms with Gasteiger partial charge in [-0.25, -0.2) is 4.98 Å². The Kier molecular flexibility index (Phi) is 2.69. The molecule has 1 N–H and O–H groups in total. The van der Waals surface area contributed by atoms with Gasteiger partial charge in [0.05, 0.1) is 6.54 Å². The van der Waals surface area contributed by atoms with Crippen LogP contribution in [0.25, 0.3) is 0 Å². The molecule has 4 heteroatoms. The van der Waals surface area contributed by atoms with Crippen molar-refractivity contribution >= 4 is 0 Å². The average molecular weight is 220 g/mol. The van der Waals surface area contributed by atoms with Gasteiger partial charge in [-0.1, -0.05) is 0 Å². The highest BCUT2D eigenvalue weighted by Crippen LogP contribution is 2.25. The summed E-state index contributed by atoms with van der Waals surface area (Å²) in [6.45, 7) is 4.67. The summed E-state index contributed by atoms with van der Waals surface area (Å²) in [6, 6.07) is 0.789. The van der Waals surface area contributed by atoms with Crippen LogP contribution in [-0.4, -0.2) is 40.1 Å². The van der Waals surface area contributed by atoms with Crippen molar-refractivity contribution in [2.24, 2.45) is 13.0 Å². The molecular weight excluding hydrogens is 200 g/mol. The van der Waals surface area contributed by atoms with Gasteiger partial charge in [-0.2, -0.15) is 0 Å². The lowest BCUT2D eigenvalue weighted by molar-refractivity contribution is 0.151. The maximum absolute atomic E-state index is 4.40. The second kappa shape index (κ2) is 4.18. The van der Waals surface area contributed by atoms with E-state index in [0.717, 1.165) is 18.5 Å². The van der Waals surface area contributed by atoms with Crippen LogP contribution in [0.4, 0.5) is 0 Å². The fourth-order valence-electron chi connectivity index (χ4n) is 3.02. The van der Waals surface area contributed by atoms with E-state index < -0.39 is 0 Å². The summed E-state index contributed by atoms with van der Waals surface area (Å²) in [4.78, 5) is 6.95. The number of rotatable bonds is 2. The molecule has 1 aromatic rings. The fraction of sp³-hybridized carbons (Fsp3) is 0.750. The van der Waals surface area contributed by atoms with Crippen LogP contribution in [0, 0.1) is 5.92 Å².